The van der Waals surface area contributed by atoms with Crippen molar-refractivity contribution in [1.82, 2.24) is 15.2 Å². The predicted octanol–water partition coefficient (Wildman–Crippen LogP) is 0.945. The highest BCUT2D eigenvalue weighted by Crippen LogP contribution is 2.18. The maximum absolute atomic E-state index is 12.2. The number of para-hydroxylation sites is 1. The Morgan fingerprint density at radius 1 is 1.38 bits per heavy atom. The molecule has 1 fully saturated rings. The molecule has 3 rings (SSSR count). The van der Waals surface area contributed by atoms with Crippen molar-refractivity contribution in [2.75, 3.05) is 31.6 Å². The Kier molecular flexibility index (Phi) is 4.91. The number of carbonyl (C=O) groups is 1. The Bertz CT molecular complexity index is 828. The molecular weight excluding hydrogens is 326 g/mol. The zero-order valence-corrected chi connectivity index (χ0v) is 14.6. The highest BCUT2D eigenvalue weighted by molar-refractivity contribution is 7.91. The molecule has 6 nitrogen and oxygen atoms in total. The van der Waals surface area contributed by atoms with Crippen molar-refractivity contribution in [3.05, 3.63) is 36.0 Å². The van der Waals surface area contributed by atoms with Gasteiger partial charge >= 0.3 is 0 Å². The zero-order chi connectivity index (χ0) is 17.2. The summed E-state index contributed by atoms with van der Waals surface area (Å²) in [6.45, 7) is 0.930. The first-order valence-electron chi connectivity index (χ1n) is 8.18. The normalized spacial score (nSPS) is 19.6. The summed E-state index contributed by atoms with van der Waals surface area (Å²) in [6.07, 6.45) is 3.38. The quantitative estimate of drug-likeness (QED) is 0.761. The molecule has 2 aromatic rings. The molecule has 1 aromatic carbocycles. The molecule has 24 heavy (non-hydrogen) atoms. The Labute approximate surface area is 142 Å². The second-order valence-corrected chi connectivity index (χ2v) is 8.58. The smallest absolute Gasteiger partial charge is 0.236 e. The third kappa shape index (κ3) is 3.79. The molecule has 0 saturated carbocycles. The lowest BCUT2D eigenvalue weighted by Crippen LogP contribution is -2.42. The Balaban J connectivity index is 1.45. The van der Waals surface area contributed by atoms with Gasteiger partial charge in [-0.15, -0.1) is 0 Å². The van der Waals surface area contributed by atoms with Crippen molar-refractivity contribution in [2.45, 2.75) is 18.9 Å². The number of rotatable bonds is 6. The minimum atomic E-state index is -2.97. The summed E-state index contributed by atoms with van der Waals surface area (Å²) in [5.41, 5.74) is 2.34. The summed E-state index contributed by atoms with van der Waals surface area (Å²) in [4.78, 5) is 17.0. The van der Waals surface area contributed by atoms with Crippen LogP contribution in [-0.4, -0.2) is 61.9 Å². The summed E-state index contributed by atoms with van der Waals surface area (Å²) in [7, 11) is -1.28. The van der Waals surface area contributed by atoms with E-state index in [1.165, 1.54) is 10.9 Å². The lowest BCUT2D eigenvalue weighted by atomic mass is 10.1. The molecule has 1 atom stereocenters. The molecule has 0 bridgehead atoms. The average Bonchev–Trinajstić information content (AvgIpc) is 3.14. The van der Waals surface area contributed by atoms with Gasteiger partial charge in [0.2, 0.25) is 5.91 Å². The van der Waals surface area contributed by atoms with Crippen LogP contribution in [0.4, 0.5) is 0 Å². The van der Waals surface area contributed by atoms with Crippen LogP contribution in [0, 0.1) is 0 Å². The summed E-state index contributed by atoms with van der Waals surface area (Å²) >= 11 is 0. The Morgan fingerprint density at radius 3 is 2.92 bits per heavy atom. The van der Waals surface area contributed by atoms with E-state index in [0.717, 1.165) is 11.9 Å². The molecule has 1 unspecified atom stereocenters. The largest absolute Gasteiger partial charge is 0.361 e. The number of carbonyl (C=O) groups excluding carboxylic acids is 1. The summed E-state index contributed by atoms with van der Waals surface area (Å²) in [5, 5.41) is 4.37. The standard InChI is InChI=1S/C17H23N3O3S/c1-20(14-7-9-24(22,23)12-14)17(21)11-18-8-6-13-10-19-16-5-3-2-4-15(13)16/h2-5,10,14,18-19H,6-9,11-12H2,1H3. The molecule has 0 spiro atoms. The summed E-state index contributed by atoms with van der Waals surface area (Å²) in [6, 6.07) is 7.96. The van der Waals surface area contributed by atoms with Gasteiger partial charge in [-0.2, -0.15) is 0 Å². The fourth-order valence-electron chi connectivity index (χ4n) is 3.17. The SMILES string of the molecule is CN(C(=O)CNCCc1c[nH]c2ccccc12)C1CCS(=O)(=O)C1. The van der Waals surface area contributed by atoms with Crippen molar-refractivity contribution in [1.29, 1.82) is 0 Å². The van der Waals surface area contributed by atoms with Gasteiger partial charge in [0.15, 0.2) is 9.84 Å². The Hall–Kier alpha value is -1.86. The van der Waals surface area contributed by atoms with Crippen LogP contribution >= 0.6 is 0 Å². The van der Waals surface area contributed by atoms with Crippen LogP contribution in [0.15, 0.2) is 30.5 Å². The van der Waals surface area contributed by atoms with Gasteiger partial charge in [0.25, 0.3) is 0 Å². The molecule has 1 saturated heterocycles. The predicted molar refractivity (Wildman–Crippen MR) is 94.7 cm³/mol. The number of benzene rings is 1. The monoisotopic (exact) mass is 349 g/mol. The molecule has 0 aliphatic carbocycles. The number of hydrogen-bond acceptors (Lipinski definition) is 4. The third-order valence-electron chi connectivity index (χ3n) is 4.67. The molecule has 7 heteroatoms. The fraction of sp³-hybridized carbons (Fsp3) is 0.471. The number of sulfone groups is 1. The number of fused-ring (bicyclic) bond motifs is 1. The van der Waals surface area contributed by atoms with E-state index < -0.39 is 9.84 Å². The van der Waals surface area contributed by atoms with Crippen LogP contribution < -0.4 is 5.32 Å². The third-order valence-corrected chi connectivity index (χ3v) is 6.42. The number of aromatic nitrogens is 1. The molecule has 2 N–H and O–H groups in total. The van der Waals surface area contributed by atoms with Crippen LogP contribution in [0.25, 0.3) is 10.9 Å². The lowest BCUT2D eigenvalue weighted by Gasteiger charge is -2.23. The van der Waals surface area contributed by atoms with Gasteiger partial charge in [0.05, 0.1) is 18.1 Å². The molecule has 130 valence electrons. The van der Waals surface area contributed by atoms with E-state index in [2.05, 4.69) is 16.4 Å². The first-order valence-corrected chi connectivity index (χ1v) is 10.0. The number of nitrogens with one attached hydrogen (secondary N) is 2. The number of aromatic amines is 1. The maximum atomic E-state index is 12.2. The van der Waals surface area contributed by atoms with Crippen LogP contribution in [0.3, 0.4) is 0 Å². The van der Waals surface area contributed by atoms with E-state index in [1.807, 2.05) is 24.4 Å². The van der Waals surface area contributed by atoms with E-state index >= 15 is 0 Å². The van der Waals surface area contributed by atoms with Gasteiger partial charge in [0, 0.05) is 30.2 Å². The highest BCUT2D eigenvalue weighted by Gasteiger charge is 2.32. The average molecular weight is 349 g/mol. The van der Waals surface area contributed by atoms with Crippen molar-refractivity contribution in [3.8, 4) is 0 Å². The van der Waals surface area contributed by atoms with Gasteiger partial charge in [-0.25, -0.2) is 8.42 Å². The van der Waals surface area contributed by atoms with Gasteiger partial charge in [-0.3, -0.25) is 4.79 Å². The van der Waals surface area contributed by atoms with Gasteiger partial charge in [0.1, 0.15) is 0 Å². The van der Waals surface area contributed by atoms with Crippen molar-refractivity contribution < 1.29 is 13.2 Å². The number of amides is 1. The van der Waals surface area contributed by atoms with Crippen LogP contribution in [0.5, 0.6) is 0 Å². The van der Waals surface area contributed by atoms with Crippen molar-refractivity contribution in [3.63, 3.8) is 0 Å². The fourth-order valence-corrected chi connectivity index (χ4v) is 4.94. The molecule has 1 amide bonds. The number of hydrogen-bond donors (Lipinski definition) is 2. The summed E-state index contributed by atoms with van der Waals surface area (Å²) in [5.74, 6) is 0.212. The van der Waals surface area contributed by atoms with E-state index in [9.17, 15) is 13.2 Å². The second kappa shape index (κ2) is 6.94. The molecule has 1 aliphatic rings. The molecular formula is C17H23N3O3S. The lowest BCUT2D eigenvalue weighted by molar-refractivity contribution is -0.130. The molecule has 1 aromatic heterocycles. The minimum absolute atomic E-state index is 0.0592. The minimum Gasteiger partial charge on any atom is -0.361 e. The molecule has 1 aliphatic heterocycles. The van der Waals surface area contributed by atoms with E-state index in [0.29, 0.717) is 13.0 Å². The molecule has 2 heterocycles. The first kappa shape index (κ1) is 17.0. The van der Waals surface area contributed by atoms with Crippen LogP contribution in [0.1, 0.15) is 12.0 Å². The Morgan fingerprint density at radius 2 is 2.17 bits per heavy atom. The summed E-state index contributed by atoms with van der Waals surface area (Å²) < 4.78 is 23.0. The highest BCUT2D eigenvalue weighted by atomic mass is 32.2. The molecule has 0 radical (unpaired) electrons. The zero-order valence-electron chi connectivity index (χ0n) is 13.8. The van der Waals surface area contributed by atoms with Gasteiger partial charge < -0.3 is 15.2 Å². The maximum Gasteiger partial charge on any atom is 0.236 e. The van der Waals surface area contributed by atoms with Crippen molar-refractivity contribution >= 4 is 26.6 Å². The van der Waals surface area contributed by atoms with Gasteiger partial charge in [-0.05, 0) is 31.0 Å². The van der Waals surface area contributed by atoms with Gasteiger partial charge in [-0.1, -0.05) is 18.2 Å². The first-order chi connectivity index (χ1) is 11.5. The van der Waals surface area contributed by atoms with E-state index in [1.54, 1.807) is 11.9 Å². The number of likely N-dealkylation sites (N-methyl/N-ethyl adjacent to an activating group) is 1. The number of H-pyrrole nitrogens is 1. The van der Waals surface area contributed by atoms with Crippen LogP contribution in [-0.2, 0) is 21.1 Å². The van der Waals surface area contributed by atoms with E-state index in [4.69, 9.17) is 0 Å². The number of nitrogens with zero attached hydrogens (tertiary/aromatic N) is 1. The van der Waals surface area contributed by atoms with E-state index in [-0.39, 0.29) is 30.0 Å². The van der Waals surface area contributed by atoms with Crippen molar-refractivity contribution in [2.24, 2.45) is 0 Å². The topological polar surface area (TPSA) is 82.3 Å². The van der Waals surface area contributed by atoms with Crippen LogP contribution in [0.2, 0.25) is 0 Å². The second-order valence-electron chi connectivity index (χ2n) is 6.35.